The Bertz CT molecular complexity index is 506. The highest BCUT2D eigenvalue weighted by Gasteiger charge is 2.12. The standard InChI is InChI=1S/C17H22O3/c1-6-20-16(18)8-7-13-9-14(11(2)3)17(19)15(10-13)12(4)5/h9-10,19H,2,4,6-8H2,1,3,5H3. The Morgan fingerprint density at radius 2 is 1.70 bits per heavy atom. The average Bonchev–Trinajstić information content (AvgIpc) is 2.37. The van der Waals surface area contributed by atoms with E-state index >= 15 is 0 Å². The largest absolute Gasteiger partial charge is 0.507 e. The molecule has 0 amide bonds. The van der Waals surface area contributed by atoms with Gasteiger partial charge >= 0.3 is 5.97 Å². The van der Waals surface area contributed by atoms with Crippen LogP contribution in [0.4, 0.5) is 0 Å². The number of carbonyl (C=O) groups is 1. The van der Waals surface area contributed by atoms with Crippen LogP contribution in [0.15, 0.2) is 25.3 Å². The Kier molecular flexibility index (Phi) is 5.56. The number of hydrogen-bond donors (Lipinski definition) is 1. The molecular formula is C17H22O3. The van der Waals surface area contributed by atoms with Crippen LogP contribution in [0.25, 0.3) is 11.1 Å². The normalized spacial score (nSPS) is 10.2. The van der Waals surface area contributed by atoms with Gasteiger partial charge in [-0.15, -0.1) is 0 Å². The van der Waals surface area contributed by atoms with Crippen molar-refractivity contribution >= 4 is 17.1 Å². The second-order valence-electron chi connectivity index (χ2n) is 4.91. The highest BCUT2D eigenvalue weighted by atomic mass is 16.5. The first kappa shape index (κ1) is 16.0. The minimum absolute atomic E-state index is 0.199. The number of phenolic OH excluding ortho intramolecular Hbond substituents is 1. The fraction of sp³-hybridized carbons (Fsp3) is 0.353. The quantitative estimate of drug-likeness (QED) is 0.799. The molecule has 0 unspecified atom stereocenters. The molecule has 1 aromatic rings. The van der Waals surface area contributed by atoms with E-state index in [9.17, 15) is 9.90 Å². The van der Waals surface area contributed by atoms with Gasteiger partial charge < -0.3 is 9.84 Å². The monoisotopic (exact) mass is 274 g/mol. The zero-order valence-electron chi connectivity index (χ0n) is 12.5. The SMILES string of the molecule is C=C(C)c1cc(CCC(=O)OCC)cc(C(=C)C)c1O. The molecule has 0 aliphatic heterocycles. The molecule has 1 aromatic carbocycles. The van der Waals surface area contributed by atoms with Crippen LogP contribution in [0.2, 0.25) is 0 Å². The average molecular weight is 274 g/mol. The molecule has 108 valence electrons. The summed E-state index contributed by atoms with van der Waals surface area (Å²) in [6, 6.07) is 3.73. The summed E-state index contributed by atoms with van der Waals surface area (Å²) in [5.41, 5.74) is 3.92. The van der Waals surface area contributed by atoms with E-state index in [-0.39, 0.29) is 11.7 Å². The van der Waals surface area contributed by atoms with Gasteiger partial charge in [0, 0.05) is 17.5 Å². The summed E-state index contributed by atoms with van der Waals surface area (Å²) >= 11 is 0. The molecule has 0 atom stereocenters. The third kappa shape index (κ3) is 3.98. The number of aryl methyl sites for hydroxylation is 1. The van der Waals surface area contributed by atoms with E-state index in [1.54, 1.807) is 6.92 Å². The van der Waals surface area contributed by atoms with Crippen molar-refractivity contribution in [2.24, 2.45) is 0 Å². The fourth-order valence-corrected chi connectivity index (χ4v) is 1.97. The Hall–Kier alpha value is -2.03. The van der Waals surface area contributed by atoms with E-state index in [1.165, 1.54) is 0 Å². The lowest BCUT2D eigenvalue weighted by Gasteiger charge is -2.13. The number of phenols is 1. The van der Waals surface area contributed by atoms with Gasteiger partial charge in [0.25, 0.3) is 0 Å². The highest BCUT2D eigenvalue weighted by Crippen LogP contribution is 2.33. The minimum atomic E-state index is -0.214. The molecule has 0 heterocycles. The summed E-state index contributed by atoms with van der Waals surface area (Å²) in [6.45, 7) is 13.6. The lowest BCUT2D eigenvalue weighted by Crippen LogP contribution is -2.05. The zero-order chi connectivity index (χ0) is 15.3. The molecule has 0 aliphatic carbocycles. The van der Waals surface area contributed by atoms with E-state index < -0.39 is 0 Å². The highest BCUT2D eigenvalue weighted by molar-refractivity contribution is 5.77. The summed E-state index contributed by atoms with van der Waals surface area (Å²) in [4.78, 5) is 11.4. The lowest BCUT2D eigenvalue weighted by atomic mass is 9.95. The smallest absolute Gasteiger partial charge is 0.306 e. The molecule has 0 fully saturated rings. The van der Waals surface area contributed by atoms with Gasteiger partial charge in [-0.05, 0) is 56.0 Å². The predicted octanol–water partition coefficient (Wildman–Crippen LogP) is 3.95. The first-order chi connectivity index (χ1) is 9.36. The molecule has 1 N–H and O–H groups in total. The van der Waals surface area contributed by atoms with Crippen LogP contribution >= 0.6 is 0 Å². The van der Waals surface area contributed by atoms with Gasteiger partial charge in [-0.1, -0.05) is 13.2 Å². The van der Waals surface area contributed by atoms with Crippen molar-refractivity contribution in [2.45, 2.75) is 33.6 Å². The summed E-state index contributed by atoms with van der Waals surface area (Å²) in [7, 11) is 0. The van der Waals surface area contributed by atoms with Crippen molar-refractivity contribution in [3.63, 3.8) is 0 Å². The number of esters is 1. The number of hydrogen-bond acceptors (Lipinski definition) is 3. The molecule has 3 nitrogen and oxygen atoms in total. The predicted molar refractivity (Wildman–Crippen MR) is 82.5 cm³/mol. The van der Waals surface area contributed by atoms with Gasteiger partial charge in [-0.25, -0.2) is 0 Å². The van der Waals surface area contributed by atoms with Crippen LogP contribution in [-0.2, 0) is 16.0 Å². The first-order valence-corrected chi connectivity index (χ1v) is 6.70. The van der Waals surface area contributed by atoms with E-state index in [0.717, 1.165) is 16.7 Å². The summed E-state index contributed by atoms with van der Waals surface area (Å²) in [6.07, 6.45) is 0.892. The topological polar surface area (TPSA) is 46.5 Å². The van der Waals surface area contributed by atoms with E-state index in [4.69, 9.17) is 4.74 Å². The van der Waals surface area contributed by atoms with Crippen molar-refractivity contribution in [1.82, 2.24) is 0 Å². The Morgan fingerprint density at radius 1 is 1.20 bits per heavy atom. The molecule has 0 radical (unpaired) electrons. The fourth-order valence-electron chi connectivity index (χ4n) is 1.97. The minimum Gasteiger partial charge on any atom is -0.507 e. The number of allylic oxidation sites excluding steroid dienone is 2. The van der Waals surface area contributed by atoms with Crippen LogP contribution in [-0.4, -0.2) is 17.7 Å². The molecule has 0 saturated carbocycles. The first-order valence-electron chi connectivity index (χ1n) is 6.70. The lowest BCUT2D eigenvalue weighted by molar-refractivity contribution is -0.143. The summed E-state index contributed by atoms with van der Waals surface area (Å²) in [5.74, 6) is -0.0146. The molecule has 0 aromatic heterocycles. The van der Waals surface area contributed by atoms with Crippen LogP contribution in [0.3, 0.4) is 0 Å². The van der Waals surface area contributed by atoms with E-state index in [2.05, 4.69) is 13.2 Å². The molecular weight excluding hydrogens is 252 g/mol. The molecule has 1 rings (SSSR count). The Balaban J connectivity index is 3.05. The van der Waals surface area contributed by atoms with Gasteiger partial charge in [0.2, 0.25) is 0 Å². The van der Waals surface area contributed by atoms with Gasteiger partial charge in [0.1, 0.15) is 5.75 Å². The number of carbonyl (C=O) groups excluding carboxylic acids is 1. The molecule has 0 aliphatic rings. The van der Waals surface area contributed by atoms with E-state index in [1.807, 2.05) is 26.0 Å². The van der Waals surface area contributed by atoms with Crippen molar-refractivity contribution in [2.75, 3.05) is 6.61 Å². The molecule has 20 heavy (non-hydrogen) atoms. The van der Waals surface area contributed by atoms with Crippen molar-refractivity contribution in [1.29, 1.82) is 0 Å². The molecule has 0 bridgehead atoms. The van der Waals surface area contributed by atoms with Crippen LogP contribution in [0.1, 0.15) is 43.9 Å². The molecule has 0 spiro atoms. The second-order valence-corrected chi connectivity index (χ2v) is 4.91. The van der Waals surface area contributed by atoms with E-state index in [0.29, 0.717) is 30.6 Å². The zero-order valence-corrected chi connectivity index (χ0v) is 12.5. The Morgan fingerprint density at radius 3 is 2.10 bits per heavy atom. The molecule has 3 heteroatoms. The van der Waals surface area contributed by atoms with Gasteiger partial charge in [-0.3, -0.25) is 4.79 Å². The maximum atomic E-state index is 11.4. The number of benzene rings is 1. The number of aromatic hydroxyl groups is 1. The van der Waals surface area contributed by atoms with Crippen LogP contribution < -0.4 is 0 Å². The van der Waals surface area contributed by atoms with Gasteiger partial charge in [-0.2, -0.15) is 0 Å². The second kappa shape index (κ2) is 6.94. The molecule has 0 saturated heterocycles. The third-order valence-electron chi connectivity index (χ3n) is 3.01. The van der Waals surface area contributed by atoms with Gasteiger partial charge in [0.05, 0.1) is 6.61 Å². The van der Waals surface area contributed by atoms with Gasteiger partial charge in [0.15, 0.2) is 0 Å². The summed E-state index contributed by atoms with van der Waals surface area (Å²) < 4.78 is 4.92. The number of ether oxygens (including phenoxy) is 1. The van der Waals surface area contributed by atoms with Crippen molar-refractivity contribution in [3.8, 4) is 5.75 Å². The third-order valence-corrected chi connectivity index (χ3v) is 3.01. The van der Waals surface area contributed by atoms with Crippen molar-refractivity contribution in [3.05, 3.63) is 42.0 Å². The Labute approximate surface area is 120 Å². The summed E-state index contributed by atoms with van der Waals surface area (Å²) in [5, 5.41) is 10.2. The maximum absolute atomic E-state index is 11.4. The van der Waals surface area contributed by atoms with Crippen molar-refractivity contribution < 1.29 is 14.6 Å². The van der Waals surface area contributed by atoms with Crippen LogP contribution in [0.5, 0.6) is 5.75 Å². The number of rotatable bonds is 6. The maximum Gasteiger partial charge on any atom is 0.306 e. The van der Waals surface area contributed by atoms with Crippen LogP contribution in [0, 0.1) is 0 Å².